The largest absolute Gasteiger partial charge is 0.303 e. The van der Waals surface area contributed by atoms with Gasteiger partial charge in [-0.3, -0.25) is 0 Å². The van der Waals surface area contributed by atoms with E-state index in [1.54, 1.807) is 11.8 Å². The summed E-state index contributed by atoms with van der Waals surface area (Å²) < 4.78 is 0. The summed E-state index contributed by atoms with van der Waals surface area (Å²) in [4.78, 5) is 1.30. The molecule has 112 valence electrons. The molecule has 1 nitrogen and oxygen atoms in total. The second-order valence-electron chi connectivity index (χ2n) is 5.17. The lowest BCUT2D eigenvalue weighted by atomic mass is 10.0. The minimum Gasteiger partial charge on any atom is -0.303 e. The number of rotatable bonds is 6. The molecule has 0 bridgehead atoms. The lowest BCUT2D eigenvalue weighted by Crippen LogP contribution is -2.24. The molecule has 0 saturated carbocycles. The van der Waals surface area contributed by atoms with Crippen LogP contribution in [-0.2, 0) is 0 Å². The molecule has 2 unspecified atom stereocenters. The van der Waals surface area contributed by atoms with Crippen molar-refractivity contribution in [2.75, 3.05) is 6.26 Å². The first-order valence-electron chi connectivity index (χ1n) is 7.29. The van der Waals surface area contributed by atoms with E-state index >= 15 is 0 Å². The van der Waals surface area contributed by atoms with Crippen molar-refractivity contribution in [2.45, 2.75) is 37.2 Å². The van der Waals surface area contributed by atoms with Crippen molar-refractivity contribution < 1.29 is 0 Å². The Hall–Kier alpha value is -0.960. The molecule has 0 amide bonds. The fraction of sp³-hybridized carbons (Fsp3) is 0.333. The maximum Gasteiger partial charge on any atom is 0.0406 e. The van der Waals surface area contributed by atoms with Crippen molar-refractivity contribution in [3.05, 3.63) is 64.7 Å². The second kappa shape index (κ2) is 7.88. The van der Waals surface area contributed by atoms with E-state index in [4.69, 9.17) is 11.6 Å². The van der Waals surface area contributed by atoms with Crippen molar-refractivity contribution in [2.24, 2.45) is 0 Å². The minimum atomic E-state index is 0.321. The third kappa shape index (κ3) is 4.50. The summed E-state index contributed by atoms with van der Waals surface area (Å²) >= 11 is 7.74. The minimum absolute atomic E-state index is 0.321. The summed E-state index contributed by atoms with van der Waals surface area (Å²) in [6.45, 7) is 4.42. The third-order valence-electron chi connectivity index (χ3n) is 3.75. The number of thioether (sulfide) groups is 1. The normalized spacial score (nSPS) is 13.9. The SMILES string of the molecule is CCC(NC(C)c1ccc(SC)cc1)c1ccc(Cl)cc1. The van der Waals surface area contributed by atoms with E-state index in [2.05, 4.69) is 61.8 Å². The van der Waals surface area contributed by atoms with Gasteiger partial charge in [0.2, 0.25) is 0 Å². The van der Waals surface area contributed by atoms with Gasteiger partial charge in [0.15, 0.2) is 0 Å². The van der Waals surface area contributed by atoms with E-state index < -0.39 is 0 Å². The van der Waals surface area contributed by atoms with Gasteiger partial charge in [-0.15, -0.1) is 11.8 Å². The van der Waals surface area contributed by atoms with Crippen LogP contribution in [-0.4, -0.2) is 6.26 Å². The molecule has 2 rings (SSSR count). The monoisotopic (exact) mass is 319 g/mol. The predicted octanol–water partition coefficient (Wildman–Crippen LogP) is 5.86. The molecule has 2 aromatic carbocycles. The van der Waals surface area contributed by atoms with Gasteiger partial charge in [0.05, 0.1) is 0 Å². The molecule has 21 heavy (non-hydrogen) atoms. The van der Waals surface area contributed by atoms with Gasteiger partial charge in [0, 0.05) is 22.0 Å². The Morgan fingerprint density at radius 2 is 1.57 bits per heavy atom. The second-order valence-corrected chi connectivity index (χ2v) is 6.49. The maximum atomic E-state index is 5.97. The number of benzene rings is 2. The van der Waals surface area contributed by atoms with E-state index in [0.29, 0.717) is 12.1 Å². The van der Waals surface area contributed by atoms with E-state index in [0.717, 1.165) is 11.4 Å². The average Bonchev–Trinajstić information content (AvgIpc) is 2.53. The predicted molar refractivity (Wildman–Crippen MR) is 94.3 cm³/mol. The molecule has 2 atom stereocenters. The standard InChI is InChI=1S/C18H22ClNS/c1-4-18(15-5-9-16(19)10-6-15)20-13(2)14-7-11-17(21-3)12-8-14/h5-13,18,20H,4H2,1-3H3. The first-order chi connectivity index (χ1) is 10.1. The highest BCUT2D eigenvalue weighted by Gasteiger charge is 2.13. The summed E-state index contributed by atoms with van der Waals surface area (Å²) in [5, 5.41) is 4.49. The van der Waals surface area contributed by atoms with E-state index in [1.807, 2.05) is 12.1 Å². The summed E-state index contributed by atoms with van der Waals surface area (Å²) in [6, 6.07) is 17.6. The molecule has 0 fully saturated rings. The molecule has 0 aliphatic heterocycles. The van der Waals surface area contributed by atoms with Crippen LogP contribution in [0.15, 0.2) is 53.4 Å². The molecule has 0 aromatic heterocycles. The summed E-state index contributed by atoms with van der Waals surface area (Å²) in [5.41, 5.74) is 2.61. The molecule has 1 N–H and O–H groups in total. The van der Waals surface area contributed by atoms with Crippen LogP contribution in [0.4, 0.5) is 0 Å². The number of hydrogen-bond acceptors (Lipinski definition) is 2. The fourth-order valence-corrected chi connectivity index (χ4v) is 2.97. The van der Waals surface area contributed by atoms with Crippen LogP contribution in [0.25, 0.3) is 0 Å². The van der Waals surface area contributed by atoms with Gasteiger partial charge in [0.1, 0.15) is 0 Å². The van der Waals surface area contributed by atoms with Gasteiger partial charge in [-0.1, -0.05) is 42.8 Å². The lowest BCUT2D eigenvalue weighted by molar-refractivity contribution is 0.456. The molecule has 0 heterocycles. The molecule has 0 radical (unpaired) electrons. The van der Waals surface area contributed by atoms with Crippen molar-refractivity contribution in [3.63, 3.8) is 0 Å². The number of hydrogen-bond donors (Lipinski definition) is 1. The lowest BCUT2D eigenvalue weighted by Gasteiger charge is -2.23. The van der Waals surface area contributed by atoms with Gasteiger partial charge in [-0.05, 0) is 55.0 Å². The summed E-state index contributed by atoms with van der Waals surface area (Å²) in [5.74, 6) is 0. The van der Waals surface area contributed by atoms with Crippen LogP contribution < -0.4 is 5.32 Å². The zero-order valence-corrected chi connectivity index (χ0v) is 14.3. The molecular formula is C18H22ClNS. The van der Waals surface area contributed by atoms with Crippen LogP contribution in [0.1, 0.15) is 43.5 Å². The van der Waals surface area contributed by atoms with Crippen molar-refractivity contribution in [1.29, 1.82) is 0 Å². The van der Waals surface area contributed by atoms with Crippen LogP contribution in [0.2, 0.25) is 5.02 Å². The Labute approximate surface area is 137 Å². The molecule has 0 spiro atoms. The van der Waals surface area contributed by atoms with Crippen LogP contribution in [0.3, 0.4) is 0 Å². The van der Waals surface area contributed by atoms with Gasteiger partial charge < -0.3 is 5.32 Å². The quantitative estimate of drug-likeness (QED) is 0.669. The molecule has 0 saturated heterocycles. The van der Waals surface area contributed by atoms with Crippen molar-refractivity contribution >= 4 is 23.4 Å². The highest BCUT2D eigenvalue weighted by molar-refractivity contribution is 7.98. The Bertz CT molecular complexity index is 550. The molecular weight excluding hydrogens is 298 g/mol. The van der Waals surface area contributed by atoms with Gasteiger partial charge >= 0.3 is 0 Å². The van der Waals surface area contributed by atoms with Gasteiger partial charge in [-0.2, -0.15) is 0 Å². The van der Waals surface area contributed by atoms with E-state index in [1.165, 1.54) is 16.0 Å². The molecule has 0 aliphatic rings. The number of nitrogens with one attached hydrogen (secondary N) is 1. The first-order valence-corrected chi connectivity index (χ1v) is 8.89. The van der Waals surface area contributed by atoms with E-state index in [-0.39, 0.29) is 0 Å². The maximum absolute atomic E-state index is 5.97. The first kappa shape index (κ1) is 16.4. The summed E-state index contributed by atoms with van der Waals surface area (Å²) in [6.07, 6.45) is 3.15. The molecule has 3 heteroatoms. The van der Waals surface area contributed by atoms with E-state index in [9.17, 15) is 0 Å². The van der Waals surface area contributed by atoms with Gasteiger partial charge in [-0.25, -0.2) is 0 Å². The van der Waals surface area contributed by atoms with Crippen LogP contribution >= 0.6 is 23.4 Å². The Kier molecular flexibility index (Phi) is 6.16. The average molecular weight is 320 g/mol. The number of halogens is 1. The smallest absolute Gasteiger partial charge is 0.0406 e. The summed E-state index contributed by atoms with van der Waals surface area (Å²) in [7, 11) is 0. The Morgan fingerprint density at radius 1 is 1.00 bits per heavy atom. The van der Waals surface area contributed by atoms with Gasteiger partial charge in [0.25, 0.3) is 0 Å². The highest BCUT2D eigenvalue weighted by Crippen LogP contribution is 2.24. The Balaban J connectivity index is 2.08. The zero-order valence-electron chi connectivity index (χ0n) is 12.8. The fourth-order valence-electron chi connectivity index (χ4n) is 2.44. The third-order valence-corrected chi connectivity index (χ3v) is 4.74. The van der Waals surface area contributed by atoms with Crippen LogP contribution in [0, 0.1) is 0 Å². The van der Waals surface area contributed by atoms with Crippen LogP contribution in [0.5, 0.6) is 0 Å². The van der Waals surface area contributed by atoms with Crippen molar-refractivity contribution in [1.82, 2.24) is 5.32 Å². The zero-order chi connectivity index (χ0) is 15.2. The topological polar surface area (TPSA) is 12.0 Å². The highest BCUT2D eigenvalue weighted by atomic mass is 35.5. The molecule has 0 aliphatic carbocycles. The van der Waals surface area contributed by atoms with Crippen molar-refractivity contribution in [3.8, 4) is 0 Å². The molecule has 2 aromatic rings. The Morgan fingerprint density at radius 3 is 2.10 bits per heavy atom.